The van der Waals surface area contributed by atoms with Gasteiger partial charge in [0.25, 0.3) is 5.88 Å². The molecule has 1 aromatic rings. The molecule has 2 rings (SSSR count). The SMILES string of the molecule is CCCn1nc(C)c([N+](=O)[O-])c1OC1CCC(N)CC1. The highest BCUT2D eigenvalue weighted by Gasteiger charge is 2.30. The Morgan fingerprint density at radius 1 is 1.45 bits per heavy atom. The van der Waals surface area contributed by atoms with Crippen molar-refractivity contribution in [1.29, 1.82) is 0 Å². The highest BCUT2D eigenvalue weighted by Crippen LogP contribution is 2.33. The van der Waals surface area contributed by atoms with Gasteiger partial charge in [0.15, 0.2) is 0 Å². The van der Waals surface area contributed by atoms with Gasteiger partial charge in [0.05, 0.1) is 4.92 Å². The third kappa shape index (κ3) is 3.09. The fraction of sp³-hybridized carbons (Fsp3) is 0.769. The van der Waals surface area contributed by atoms with Crippen molar-refractivity contribution in [3.63, 3.8) is 0 Å². The first-order chi connectivity index (χ1) is 9.52. The standard InChI is InChI=1S/C13H22N4O3/c1-3-8-16-13(12(17(18)19)9(2)15-16)20-11-6-4-10(14)5-7-11/h10-11H,3-8,14H2,1-2H3. The Balaban J connectivity index is 2.21. The number of hydrogen-bond acceptors (Lipinski definition) is 5. The molecule has 0 aliphatic heterocycles. The fourth-order valence-corrected chi connectivity index (χ4v) is 2.61. The van der Waals surface area contributed by atoms with Crippen LogP contribution in [0.15, 0.2) is 0 Å². The number of nitrogens with zero attached hydrogens (tertiary/aromatic N) is 3. The zero-order chi connectivity index (χ0) is 14.7. The summed E-state index contributed by atoms with van der Waals surface area (Å²) in [5, 5.41) is 15.4. The molecule has 0 bridgehead atoms. The maximum absolute atomic E-state index is 11.2. The molecule has 7 heteroatoms. The highest BCUT2D eigenvalue weighted by atomic mass is 16.6. The molecule has 2 N–H and O–H groups in total. The summed E-state index contributed by atoms with van der Waals surface area (Å²) < 4.78 is 7.52. The van der Waals surface area contributed by atoms with Crippen LogP contribution in [-0.4, -0.2) is 26.8 Å². The summed E-state index contributed by atoms with van der Waals surface area (Å²) in [5.74, 6) is 0.301. The molecule has 0 unspecified atom stereocenters. The number of nitro groups is 1. The molecular formula is C13H22N4O3. The Labute approximate surface area is 118 Å². The lowest BCUT2D eigenvalue weighted by molar-refractivity contribution is -0.386. The van der Waals surface area contributed by atoms with Crippen molar-refractivity contribution in [3.8, 4) is 5.88 Å². The smallest absolute Gasteiger partial charge is 0.353 e. The van der Waals surface area contributed by atoms with E-state index in [9.17, 15) is 10.1 Å². The van der Waals surface area contributed by atoms with Gasteiger partial charge in [-0.05, 0) is 39.0 Å². The Morgan fingerprint density at radius 3 is 2.65 bits per heavy atom. The van der Waals surface area contributed by atoms with E-state index in [2.05, 4.69) is 5.10 Å². The summed E-state index contributed by atoms with van der Waals surface area (Å²) >= 11 is 0. The average Bonchev–Trinajstić information content (AvgIpc) is 2.69. The Hall–Kier alpha value is -1.63. The largest absolute Gasteiger partial charge is 0.470 e. The number of aryl methyl sites for hydroxylation is 2. The number of aromatic nitrogens is 2. The Bertz CT molecular complexity index is 478. The normalized spacial score (nSPS) is 22.8. The van der Waals surface area contributed by atoms with Crippen LogP contribution in [0, 0.1) is 17.0 Å². The molecule has 0 amide bonds. The van der Waals surface area contributed by atoms with Gasteiger partial charge in [-0.25, -0.2) is 4.68 Å². The van der Waals surface area contributed by atoms with Gasteiger partial charge >= 0.3 is 5.69 Å². The van der Waals surface area contributed by atoms with Crippen molar-refractivity contribution >= 4 is 5.69 Å². The second-order valence-electron chi connectivity index (χ2n) is 5.37. The molecule has 112 valence electrons. The van der Waals surface area contributed by atoms with Gasteiger partial charge in [-0.1, -0.05) is 6.92 Å². The lowest BCUT2D eigenvalue weighted by Gasteiger charge is -2.26. The van der Waals surface area contributed by atoms with Crippen LogP contribution in [-0.2, 0) is 6.54 Å². The minimum atomic E-state index is -0.404. The molecular weight excluding hydrogens is 260 g/mol. The number of ether oxygens (including phenoxy) is 1. The first kappa shape index (κ1) is 14.8. The monoisotopic (exact) mass is 282 g/mol. The predicted octanol–water partition coefficient (Wildman–Crippen LogP) is 2.16. The maximum Gasteiger partial charge on any atom is 0.353 e. The van der Waals surface area contributed by atoms with E-state index >= 15 is 0 Å². The third-order valence-electron chi connectivity index (χ3n) is 3.67. The van der Waals surface area contributed by atoms with Gasteiger partial charge in [-0.2, -0.15) is 5.10 Å². The number of rotatable bonds is 5. The molecule has 1 fully saturated rings. The quantitative estimate of drug-likeness (QED) is 0.659. The molecule has 0 radical (unpaired) electrons. The molecule has 20 heavy (non-hydrogen) atoms. The second-order valence-corrected chi connectivity index (χ2v) is 5.37. The van der Waals surface area contributed by atoms with Gasteiger partial charge in [0.1, 0.15) is 11.8 Å². The molecule has 0 atom stereocenters. The van der Waals surface area contributed by atoms with E-state index in [0.717, 1.165) is 32.1 Å². The summed E-state index contributed by atoms with van der Waals surface area (Å²) in [6, 6.07) is 0.229. The zero-order valence-corrected chi connectivity index (χ0v) is 12.0. The summed E-state index contributed by atoms with van der Waals surface area (Å²) in [6.45, 7) is 4.27. The maximum atomic E-state index is 11.2. The predicted molar refractivity (Wildman–Crippen MR) is 74.8 cm³/mol. The summed E-state index contributed by atoms with van der Waals surface area (Å²) in [6.07, 6.45) is 4.34. The third-order valence-corrected chi connectivity index (χ3v) is 3.67. The van der Waals surface area contributed by atoms with Crippen molar-refractivity contribution in [2.75, 3.05) is 0 Å². The van der Waals surface area contributed by atoms with Gasteiger partial charge < -0.3 is 10.5 Å². The van der Waals surface area contributed by atoms with Crippen molar-refractivity contribution in [2.45, 2.75) is 64.6 Å². The van der Waals surface area contributed by atoms with E-state index < -0.39 is 4.92 Å². The first-order valence-corrected chi connectivity index (χ1v) is 7.17. The van der Waals surface area contributed by atoms with Crippen LogP contribution in [0.5, 0.6) is 5.88 Å². The molecule has 7 nitrogen and oxygen atoms in total. The molecule has 1 saturated carbocycles. The van der Waals surface area contributed by atoms with Crippen molar-refractivity contribution in [2.24, 2.45) is 5.73 Å². The summed E-state index contributed by atoms with van der Waals surface area (Å²) in [7, 11) is 0. The highest BCUT2D eigenvalue weighted by molar-refractivity contribution is 5.45. The Morgan fingerprint density at radius 2 is 2.10 bits per heavy atom. The van der Waals surface area contributed by atoms with Crippen LogP contribution in [0.25, 0.3) is 0 Å². The van der Waals surface area contributed by atoms with E-state index in [-0.39, 0.29) is 17.8 Å². The summed E-state index contributed by atoms with van der Waals surface area (Å²) in [4.78, 5) is 10.8. The topological polar surface area (TPSA) is 96.2 Å². The van der Waals surface area contributed by atoms with E-state index in [1.54, 1.807) is 11.6 Å². The molecule has 1 aliphatic carbocycles. The van der Waals surface area contributed by atoms with Crippen molar-refractivity contribution < 1.29 is 9.66 Å². The second kappa shape index (κ2) is 6.21. The zero-order valence-electron chi connectivity index (χ0n) is 12.0. The van der Waals surface area contributed by atoms with Gasteiger partial charge in [0, 0.05) is 12.6 Å². The molecule has 0 aromatic carbocycles. The van der Waals surface area contributed by atoms with E-state index in [4.69, 9.17) is 10.5 Å². The lowest BCUT2D eigenvalue weighted by atomic mass is 9.94. The molecule has 1 heterocycles. The molecule has 0 spiro atoms. The minimum absolute atomic E-state index is 0.000191. The minimum Gasteiger partial charge on any atom is -0.470 e. The fourth-order valence-electron chi connectivity index (χ4n) is 2.61. The van der Waals surface area contributed by atoms with Crippen LogP contribution in [0.1, 0.15) is 44.7 Å². The van der Waals surface area contributed by atoms with Gasteiger partial charge in [-0.3, -0.25) is 10.1 Å². The van der Waals surface area contributed by atoms with E-state index in [0.29, 0.717) is 18.1 Å². The van der Waals surface area contributed by atoms with Gasteiger partial charge in [-0.15, -0.1) is 0 Å². The first-order valence-electron chi connectivity index (χ1n) is 7.17. The number of nitrogens with two attached hydrogens (primary N) is 1. The van der Waals surface area contributed by atoms with Crippen LogP contribution < -0.4 is 10.5 Å². The van der Waals surface area contributed by atoms with Crippen molar-refractivity contribution in [3.05, 3.63) is 15.8 Å². The van der Waals surface area contributed by atoms with Gasteiger partial charge in [0.2, 0.25) is 0 Å². The lowest BCUT2D eigenvalue weighted by Crippen LogP contribution is -2.32. The van der Waals surface area contributed by atoms with E-state index in [1.807, 2.05) is 6.92 Å². The number of hydrogen-bond donors (Lipinski definition) is 1. The average molecular weight is 282 g/mol. The Kier molecular flexibility index (Phi) is 4.59. The van der Waals surface area contributed by atoms with Crippen LogP contribution >= 0.6 is 0 Å². The molecule has 1 aliphatic rings. The molecule has 0 saturated heterocycles. The van der Waals surface area contributed by atoms with Crippen LogP contribution in [0.4, 0.5) is 5.69 Å². The summed E-state index contributed by atoms with van der Waals surface area (Å²) in [5.41, 5.74) is 6.27. The van der Waals surface area contributed by atoms with Crippen molar-refractivity contribution in [1.82, 2.24) is 9.78 Å². The van der Waals surface area contributed by atoms with Crippen LogP contribution in [0.3, 0.4) is 0 Å². The molecule has 1 aromatic heterocycles. The van der Waals surface area contributed by atoms with Crippen LogP contribution in [0.2, 0.25) is 0 Å². The van der Waals surface area contributed by atoms with E-state index in [1.165, 1.54) is 0 Å².